The van der Waals surface area contributed by atoms with Gasteiger partial charge < -0.3 is 9.47 Å². The minimum absolute atomic E-state index is 0.0147. The van der Waals surface area contributed by atoms with Crippen molar-refractivity contribution in [2.75, 3.05) is 20.5 Å². The summed E-state index contributed by atoms with van der Waals surface area (Å²) in [6, 6.07) is 0. The molecule has 0 bridgehead atoms. The van der Waals surface area contributed by atoms with Gasteiger partial charge in [0.1, 0.15) is 13.4 Å². The molecule has 0 fully saturated rings. The number of aromatic nitrogens is 1. The molecule has 0 aliphatic rings. The van der Waals surface area contributed by atoms with Gasteiger partial charge in [-0.1, -0.05) is 11.3 Å². The van der Waals surface area contributed by atoms with Crippen molar-refractivity contribution in [2.24, 2.45) is 5.14 Å². The highest BCUT2D eigenvalue weighted by atomic mass is 32.2. The minimum atomic E-state index is -3.80. The molecule has 0 radical (unpaired) electrons. The molecule has 2 N–H and O–H groups in total. The molecular formula is C7H10N2O5S2. The zero-order chi connectivity index (χ0) is 12.2. The van der Waals surface area contributed by atoms with Crippen molar-refractivity contribution < 1.29 is 22.7 Å². The number of nitrogens with two attached hydrogens (primary N) is 1. The number of ketones is 1. The van der Waals surface area contributed by atoms with E-state index in [9.17, 15) is 13.2 Å². The third-order valence-corrected chi connectivity index (χ3v) is 3.88. The lowest BCUT2D eigenvalue weighted by atomic mass is 10.4. The number of primary sulfonamides is 1. The van der Waals surface area contributed by atoms with E-state index < -0.39 is 15.8 Å². The molecule has 0 saturated heterocycles. The van der Waals surface area contributed by atoms with E-state index in [1.165, 1.54) is 7.11 Å². The Morgan fingerprint density at radius 3 is 2.81 bits per heavy atom. The standard InChI is InChI=1S/C7H10N2O5S2/c1-13-4-14-3-5(10)7-9-2-6(15-7)16(8,11)12/h2H,3-4H2,1H3,(H2,8,11,12). The fraction of sp³-hybridized carbons (Fsp3) is 0.429. The Bertz CT molecular complexity index is 467. The highest BCUT2D eigenvalue weighted by molar-refractivity contribution is 7.91. The summed E-state index contributed by atoms with van der Waals surface area (Å²) in [5, 5.41) is 4.91. The second kappa shape index (κ2) is 5.46. The average Bonchev–Trinajstić information content (AvgIpc) is 2.66. The Morgan fingerprint density at radius 1 is 1.62 bits per heavy atom. The van der Waals surface area contributed by atoms with Gasteiger partial charge >= 0.3 is 0 Å². The Balaban J connectivity index is 2.68. The van der Waals surface area contributed by atoms with Crippen LogP contribution >= 0.6 is 11.3 Å². The van der Waals surface area contributed by atoms with Crippen molar-refractivity contribution in [1.29, 1.82) is 0 Å². The second-order valence-electron chi connectivity index (χ2n) is 2.71. The quantitative estimate of drug-likeness (QED) is 0.426. The molecule has 0 atom stereocenters. The topological polar surface area (TPSA) is 109 Å². The molecule has 0 aliphatic heterocycles. The number of rotatable bonds is 6. The van der Waals surface area contributed by atoms with Gasteiger partial charge in [0.05, 0.1) is 6.20 Å². The Labute approximate surface area is 96.2 Å². The summed E-state index contributed by atoms with van der Waals surface area (Å²) in [7, 11) is -2.38. The van der Waals surface area contributed by atoms with Crippen LogP contribution in [-0.2, 0) is 19.5 Å². The van der Waals surface area contributed by atoms with Crippen LogP contribution in [-0.4, -0.2) is 39.7 Å². The van der Waals surface area contributed by atoms with Crippen molar-refractivity contribution >= 4 is 27.1 Å². The van der Waals surface area contributed by atoms with Gasteiger partial charge in [0.2, 0.25) is 15.8 Å². The average molecular weight is 266 g/mol. The number of carbonyl (C=O) groups excluding carboxylic acids is 1. The summed E-state index contributed by atoms with van der Waals surface area (Å²) in [4.78, 5) is 15.0. The summed E-state index contributed by atoms with van der Waals surface area (Å²) >= 11 is 0.712. The number of thiazole rings is 1. The number of sulfonamides is 1. The van der Waals surface area contributed by atoms with Gasteiger partial charge in [-0.3, -0.25) is 4.79 Å². The van der Waals surface area contributed by atoms with Crippen molar-refractivity contribution in [3.8, 4) is 0 Å². The monoisotopic (exact) mass is 266 g/mol. The molecule has 1 aromatic rings. The minimum Gasteiger partial charge on any atom is -0.359 e. The lowest BCUT2D eigenvalue weighted by Gasteiger charge is -1.98. The normalized spacial score (nSPS) is 11.6. The highest BCUT2D eigenvalue weighted by Gasteiger charge is 2.16. The molecule has 0 unspecified atom stereocenters. The van der Waals surface area contributed by atoms with E-state index >= 15 is 0 Å². The number of nitrogens with zero attached hydrogens (tertiary/aromatic N) is 1. The maximum Gasteiger partial charge on any atom is 0.249 e. The van der Waals surface area contributed by atoms with E-state index in [1.54, 1.807) is 0 Å². The molecule has 0 saturated carbocycles. The van der Waals surface area contributed by atoms with E-state index in [-0.39, 0.29) is 22.6 Å². The van der Waals surface area contributed by atoms with Crippen LogP contribution in [0.4, 0.5) is 0 Å². The summed E-state index contributed by atoms with van der Waals surface area (Å²) in [6.45, 7) is -0.232. The van der Waals surface area contributed by atoms with Gasteiger partial charge in [-0.2, -0.15) is 0 Å². The van der Waals surface area contributed by atoms with Gasteiger partial charge in [0.15, 0.2) is 9.22 Å². The van der Waals surface area contributed by atoms with Crippen molar-refractivity contribution in [3.05, 3.63) is 11.2 Å². The van der Waals surface area contributed by atoms with Crippen molar-refractivity contribution in [1.82, 2.24) is 4.98 Å². The zero-order valence-corrected chi connectivity index (χ0v) is 10.0. The number of Topliss-reactive ketones (excluding diaryl/α,β-unsaturated/α-hetero) is 1. The number of methoxy groups -OCH3 is 1. The van der Waals surface area contributed by atoms with Crippen molar-refractivity contribution in [3.63, 3.8) is 0 Å². The summed E-state index contributed by atoms with van der Waals surface area (Å²) in [5.41, 5.74) is 0. The number of hydrogen-bond donors (Lipinski definition) is 1. The SMILES string of the molecule is COCOCC(=O)c1ncc(S(N)(=O)=O)s1. The van der Waals surface area contributed by atoms with E-state index in [2.05, 4.69) is 9.72 Å². The summed E-state index contributed by atoms with van der Waals surface area (Å²) in [6.07, 6.45) is 1.05. The summed E-state index contributed by atoms with van der Waals surface area (Å²) in [5.74, 6) is -0.419. The molecule has 1 heterocycles. The third kappa shape index (κ3) is 3.61. The first-order valence-corrected chi connectivity index (χ1v) is 6.40. The van der Waals surface area contributed by atoms with Gasteiger partial charge in [-0.25, -0.2) is 18.5 Å². The first-order chi connectivity index (χ1) is 7.45. The molecule has 16 heavy (non-hydrogen) atoms. The molecule has 0 amide bonds. The van der Waals surface area contributed by atoms with E-state index in [4.69, 9.17) is 9.88 Å². The highest BCUT2D eigenvalue weighted by Crippen LogP contribution is 2.17. The molecule has 0 spiro atoms. The van der Waals surface area contributed by atoms with Gasteiger partial charge in [-0.05, 0) is 0 Å². The first kappa shape index (κ1) is 13.2. The lowest BCUT2D eigenvalue weighted by Crippen LogP contribution is -2.10. The lowest BCUT2D eigenvalue weighted by molar-refractivity contribution is -0.0237. The van der Waals surface area contributed by atoms with Gasteiger partial charge in [0.25, 0.3) is 0 Å². The number of hydrogen-bond acceptors (Lipinski definition) is 7. The molecule has 90 valence electrons. The summed E-state index contributed by atoms with van der Waals surface area (Å²) < 4.78 is 31.1. The smallest absolute Gasteiger partial charge is 0.249 e. The Hall–Kier alpha value is -0.870. The molecule has 1 rings (SSSR count). The van der Waals surface area contributed by atoms with Gasteiger partial charge in [0, 0.05) is 7.11 Å². The fourth-order valence-electron chi connectivity index (χ4n) is 0.799. The van der Waals surface area contributed by atoms with E-state index in [0.29, 0.717) is 11.3 Å². The van der Waals surface area contributed by atoms with Gasteiger partial charge in [-0.15, -0.1) is 0 Å². The predicted molar refractivity (Wildman–Crippen MR) is 55.6 cm³/mol. The molecular weight excluding hydrogens is 256 g/mol. The molecule has 7 nitrogen and oxygen atoms in total. The Kier molecular flexibility index (Phi) is 4.50. The largest absolute Gasteiger partial charge is 0.359 e. The first-order valence-electron chi connectivity index (χ1n) is 4.03. The van der Waals surface area contributed by atoms with E-state index in [0.717, 1.165) is 6.20 Å². The number of ether oxygens (including phenoxy) is 2. The predicted octanol–water partition coefficient (Wildman–Crippen LogP) is -0.406. The Morgan fingerprint density at radius 2 is 2.31 bits per heavy atom. The molecule has 0 aromatic carbocycles. The van der Waals surface area contributed by atoms with Crippen LogP contribution < -0.4 is 5.14 Å². The van der Waals surface area contributed by atoms with Crippen LogP contribution in [0.25, 0.3) is 0 Å². The molecule has 1 aromatic heterocycles. The van der Waals surface area contributed by atoms with E-state index in [1.807, 2.05) is 0 Å². The van der Waals surface area contributed by atoms with Crippen LogP contribution in [0.2, 0.25) is 0 Å². The maximum absolute atomic E-state index is 11.4. The zero-order valence-electron chi connectivity index (χ0n) is 8.37. The van der Waals surface area contributed by atoms with Crippen LogP contribution in [0.15, 0.2) is 10.4 Å². The third-order valence-electron chi connectivity index (χ3n) is 1.44. The molecule has 9 heteroatoms. The van der Waals surface area contributed by atoms with Crippen molar-refractivity contribution in [2.45, 2.75) is 4.21 Å². The maximum atomic E-state index is 11.4. The van der Waals surface area contributed by atoms with Crippen LogP contribution in [0.3, 0.4) is 0 Å². The fourth-order valence-corrected chi connectivity index (χ4v) is 2.27. The van der Waals surface area contributed by atoms with Crippen LogP contribution in [0.5, 0.6) is 0 Å². The van der Waals surface area contributed by atoms with Crippen LogP contribution in [0, 0.1) is 0 Å². The van der Waals surface area contributed by atoms with Crippen LogP contribution in [0.1, 0.15) is 9.80 Å². The second-order valence-corrected chi connectivity index (χ2v) is 5.53. The number of carbonyl (C=O) groups is 1. The molecule has 0 aliphatic carbocycles.